The Hall–Kier alpha value is -11.4. The van der Waals surface area contributed by atoms with Crippen molar-refractivity contribution in [3.05, 3.63) is 340 Å². The van der Waals surface area contributed by atoms with Crippen LogP contribution in [-0.2, 0) is 0 Å². The van der Waals surface area contributed by atoms with Gasteiger partial charge in [0.15, 0.2) is 0 Å². The van der Waals surface area contributed by atoms with E-state index in [0.717, 1.165) is 0 Å². The van der Waals surface area contributed by atoms with Gasteiger partial charge in [-0.1, -0.05) is 328 Å². The van der Waals surface area contributed by atoms with Crippen LogP contribution in [0.4, 0.5) is 0 Å². The van der Waals surface area contributed by atoms with Gasteiger partial charge in [0.05, 0.1) is 0 Å². The Morgan fingerprint density at radius 3 is 0.727 bits per heavy atom. The summed E-state index contributed by atoms with van der Waals surface area (Å²) in [6.07, 6.45) is 0. The van der Waals surface area contributed by atoms with Gasteiger partial charge in [-0.2, -0.15) is 0 Å². The molecule has 18 aromatic carbocycles. The maximum atomic E-state index is 2.35. The summed E-state index contributed by atoms with van der Waals surface area (Å²) in [5.41, 5.74) is 15.3. The average molecular weight is 1110 g/mol. The summed E-state index contributed by atoms with van der Waals surface area (Å²) in [5, 5.41) is 25.4. The Balaban J connectivity index is 0.000000139. The van der Waals surface area contributed by atoms with Crippen molar-refractivity contribution in [2.24, 2.45) is 0 Å². The summed E-state index contributed by atoms with van der Waals surface area (Å²) < 4.78 is 0. The lowest BCUT2D eigenvalue weighted by molar-refractivity contribution is 1.63. The number of hydrogen-bond acceptors (Lipinski definition) is 0. The van der Waals surface area contributed by atoms with Crippen LogP contribution in [-0.4, -0.2) is 0 Å². The third-order valence-electron chi connectivity index (χ3n) is 18.5. The molecule has 0 N–H and O–H groups in total. The van der Waals surface area contributed by atoms with E-state index in [0.29, 0.717) is 0 Å². The van der Waals surface area contributed by atoms with Gasteiger partial charge in [0, 0.05) is 0 Å². The average Bonchev–Trinajstić information content (AvgIpc) is 0.857. The van der Waals surface area contributed by atoms with Gasteiger partial charge in [0.25, 0.3) is 0 Å². The summed E-state index contributed by atoms with van der Waals surface area (Å²) in [4.78, 5) is 0. The van der Waals surface area contributed by atoms with E-state index < -0.39 is 0 Å². The summed E-state index contributed by atoms with van der Waals surface area (Å²) in [7, 11) is 0. The van der Waals surface area contributed by atoms with E-state index in [2.05, 4.69) is 340 Å². The summed E-state index contributed by atoms with van der Waals surface area (Å²) in [6, 6.07) is 125. The van der Waals surface area contributed by atoms with Gasteiger partial charge in [-0.25, -0.2) is 0 Å². The molecule has 0 fully saturated rings. The molecule has 408 valence electrons. The molecule has 0 heteroatoms. The minimum atomic E-state index is 1.24. The van der Waals surface area contributed by atoms with Crippen molar-refractivity contribution in [3.8, 4) is 66.8 Å². The van der Waals surface area contributed by atoms with Crippen molar-refractivity contribution in [2.75, 3.05) is 0 Å². The Morgan fingerprint density at radius 2 is 0.352 bits per heavy atom. The Bertz CT molecular complexity index is 5620. The van der Waals surface area contributed by atoms with Crippen LogP contribution in [0.3, 0.4) is 0 Å². The van der Waals surface area contributed by atoms with Crippen LogP contribution in [0, 0.1) is 0 Å². The number of hydrogen-bond donors (Lipinski definition) is 0. The predicted molar refractivity (Wildman–Crippen MR) is 381 cm³/mol. The van der Waals surface area contributed by atoms with Crippen LogP contribution >= 0.6 is 0 Å². The van der Waals surface area contributed by atoms with E-state index >= 15 is 0 Å². The van der Waals surface area contributed by atoms with E-state index in [1.807, 2.05) is 0 Å². The van der Waals surface area contributed by atoms with E-state index in [1.165, 1.54) is 174 Å². The maximum absolute atomic E-state index is 2.35. The van der Waals surface area contributed by atoms with E-state index in [9.17, 15) is 0 Å². The molecule has 88 heavy (non-hydrogen) atoms. The van der Waals surface area contributed by atoms with E-state index in [1.54, 1.807) is 0 Å². The molecule has 0 atom stereocenters. The fourth-order valence-corrected chi connectivity index (χ4v) is 14.6. The highest BCUT2D eigenvalue weighted by molar-refractivity contribution is 6.31. The topological polar surface area (TPSA) is 0 Å². The van der Waals surface area contributed by atoms with Gasteiger partial charge in [-0.05, 0) is 187 Å². The zero-order valence-corrected chi connectivity index (χ0v) is 48.3. The standard InChI is InChI=1S/C48H30.C40H26/c1-2-16-33-30-34(29-28-31(33)14-1)45-37-19-5-9-23-41(37)47(42-24-10-6-20-38(42)45)48-43-25-11-7-21-39(43)46(40-22-8-12-26-44(40)48)36-27-13-17-32-15-3-4-18-35(32)36;1-2-12-31-26-32(25-20-27(31)10-1)40-37-17-7-5-15-35(37)39(36-16-6-8-18-38(36)40)30-23-21-29(22-24-30)34-19-9-13-28-11-3-4-14-33(28)34/h1-30H;1-26H. The summed E-state index contributed by atoms with van der Waals surface area (Å²) in [5.74, 6) is 0. The Labute approximate surface area is 511 Å². The molecule has 0 unspecified atom stereocenters. The highest BCUT2D eigenvalue weighted by Crippen LogP contribution is 2.51. The smallest absolute Gasteiger partial charge is 0.00139 e. The van der Waals surface area contributed by atoms with Crippen LogP contribution in [0.5, 0.6) is 0 Å². The van der Waals surface area contributed by atoms with Gasteiger partial charge in [-0.3, -0.25) is 0 Å². The second-order valence-corrected chi connectivity index (χ2v) is 23.3. The third kappa shape index (κ3) is 8.45. The fraction of sp³-hybridized carbons (Fsp3) is 0. The molecule has 0 aromatic heterocycles. The lowest BCUT2D eigenvalue weighted by Gasteiger charge is -2.22. The highest BCUT2D eigenvalue weighted by atomic mass is 14.3. The summed E-state index contributed by atoms with van der Waals surface area (Å²) >= 11 is 0. The molecule has 0 radical (unpaired) electrons. The van der Waals surface area contributed by atoms with Gasteiger partial charge in [-0.15, -0.1) is 0 Å². The second kappa shape index (κ2) is 21.3. The molecule has 0 amide bonds. The minimum Gasteiger partial charge on any atom is -0.0616 e. The molecule has 0 saturated carbocycles. The van der Waals surface area contributed by atoms with Crippen LogP contribution in [0.1, 0.15) is 0 Å². The van der Waals surface area contributed by atoms with Gasteiger partial charge in [0.2, 0.25) is 0 Å². The zero-order valence-electron chi connectivity index (χ0n) is 48.3. The number of benzene rings is 18. The number of rotatable bonds is 6. The SMILES string of the molecule is c1ccc2cc(-c3c4ccccc4c(-c4c5ccccc5c(-c5cccc6ccccc56)c5ccccc45)c4ccccc34)ccc2c1.c1ccc2cc(-c3c4ccccc4c(-c4ccc(-c5cccc6ccccc56)cc4)c4ccccc34)ccc2c1. The largest absolute Gasteiger partial charge is 0.0616 e. The maximum Gasteiger partial charge on any atom is -0.00139 e. The molecular weight excluding hydrogens is 1060 g/mol. The second-order valence-electron chi connectivity index (χ2n) is 23.3. The molecule has 0 aliphatic heterocycles. The lowest BCUT2D eigenvalue weighted by atomic mass is 9.80. The first kappa shape index (κ1) is 51.0. The third-order valence-corrected chi connectivity index (χ3v) is 18.5. The van der Waals surface area contributed by atoms with Gasteiger partial charge < -0.3 is 0 Å². The first-order valence-corrected chi connectivity index (χ1v) is 30.6. The Morgan fingerprint density at radius 1 is 0.114 bits per heavy atom. The van der Waals surface area contributed by atoms with Gasteiger partial charge >= 0.3 is 0 Å². The first-order valence-electron chi connectivity index (χ1n) is 30.6. The number of fused-ring (bicyclic) bond motifs is 10. The van der Waals surface area contributed by atoms with Crippen molar-refractivity contribution < 1.29 is 0 Å². The molecule has 18 aromatic rings. The van der Waals surface area contributed by atoms with Crippen molar-refractivity contribution in [2.45, 2.75) is 0 Å². The quantitative estimate of drug-likeness (QED) is 0.146. The molecule has 0 aliphatic carbocycles. The molecule has 0 nitrogen and oxygen atoms in total. The molecule has 0 aliphatic rings. The van der Waals surface area contributed by atoms with Crippen LogP contribution in [0.25, 0.3) is 174 Å². The van der Waals surface area contributed by atoms with E-state index in [4.69, 9.17) is 0 Å². The molecule has 18 rings (SSSR count). The predicted octanol–water partition coefficient (Wildman–Crippen LogP) is 24.9. The van der Waals surface area contributed by atoms with E-state index in [-0.39, 0.29) is 0 Å². The van der Waals surface area contributed by atoms with Crippen LogP contribution < -0.4 is 0 Å². The first-order chi connectivity index (χ1) is 43.7. The van der Waals surface area contributed by atoms with Crippen molar-refractivity contribution in [3.63, 3.8) is 0 Å². The van der Waals surface area contributed by atoms with Crippen molar-refractivity contribution >= 4 is 108 Å². The fourth-order valence-electron chi connectivity index (χ4n) is 14.6. The molecule has 0 saturated heterocycles. The molecule has 0 heterocycles. The van der Waals surface area contributed by atoms with Crippen LogP contribution in [0.15, 0.2) is 340 Å². The highest BCUT2D eigenvalue weighted by Gasteiger charge is 2.24. The minimum absolute atomic E-state index is 1.24. The van der Waals surface area contributed by atoms with Crippen molar-refractivity contribution in [1.82, 2.24) is 0 Å². The summed E-state index contributed by atoms with van der Waals surface area (Å²) in [6.45, 7) is 0. The normalized spacial score (nSPS) is 11.6. The monoisotopic (exact) mass is 1110 g/mol. The van der Waals surface area contributed by atoms with Crippen LogP contribution in [0.2, 0.25) is 0 Å². The van der Waals surface area contributed by atoms with Gasteiger partial charge in [0.1, 0.15) is 0 Å². The molecule has 0 spiro atoms. The lowest BCUT2D eigenvalue weighted by Crippen LogP contribution is -1.95. The van der Waals surface area contributed by atoms with Crippen molar-refractivity contribution in [1.29, 1.82) is 0 Å². The molecule has 0 bridgehead atoms. The molecular formula is C88H56. The zero-order chi connectivity index (χ0) is 58.1. The Kier molecular flexibility index (Phi) is 12.3.